The normalized spacial score (nSPS) is 15.4. The van der Waals surface area contributed by atoms with Gasteiger partial charge in [0.1, 0.15) is 6.10 Å². The Balaban J connectivity index is 0.000000991. The number of ether oxygens (including phenoxy) is 2. The van der Waals surface area contributed by atoms with E-state index in [0.717, 1.165) is 19.8 Å². The molecule has 0 aliphatic carbocycles. The van der Waals surface area contributed by atoms with Crippen molar-refractivity contribution in [2.75, 3.05) is 47.6 Å². The quantitative estimate of drug-likeness (QED) is 0.149. The third kappa shape index (κ3) is 14.8. The number of hydrogen-bond donors (Lipinski definition) is 3. The number of amides is 1. The number of nitrogens with zero attached hydrogens (tertiary/aromatic N) is 2. The van der Waals surface area contributed by atoms with Crippen LogP contribution in [0, 0.1) is 16.0 Å². The molecular formula is C28H45N4O11PS. The van der Waals surface area contributed by atoms with Crippen molar-refractivity contribution in [1.82, 2.24) is 9.62 Å². The van der Waals surface area contributed by atoms with Crippen molar-refractivity contribution >= 4 is 29.6 Å². The summed E-state index contributed by atoms with van der Waals surface area (Å²) in [6, 6.07) is 14.1. The molecule has 45 heavy (non-hydrogen) atoms. The molecule has 1 aliphatic rings. The molecule has 254 valence electrons. The maximum absolute atomic E-state index is 13.4. The molecule has 0 bridgehead atoms. The fourth-order valence-electron chi connectivity index (χ4n) is 4.06. The van der Waals surface area contributed by atoms with Gasteiger partial charge in [-0.25, -0.2) is 17.8 Å². The average Bonchev–Trinajstić information content (AvgIpc) is 3.53. The van der Waals surface area contributed by atoms with Crippen LogP contribution in [-0.4, -0.2) is 88.3 Å². The number of nitro groups is 1. The molecule has 1 amide bonds. The van der Waals surface area contributed by atoms with E-state index in [1.807, 2.05) is 44.2 Å². The summed E-state index contributed by atoms with van der Waals surface area (Å²) in [6.45, 7) is 5.17. The summed E-state index contributed by atoms with van der Waals surface area (Å²) >= 11 is 0. The Hall–Kier alpha value is -2.95. The summed E-state index contributed by atoms with van der Waals surface area (Å²) in [5.41, 5.74) is 5.32. The monoisotopic (exact) mass is 676 g/mol. The maximum Gasteiger partial charge on any atom is 0.471 e. The van der Waals surface area contributed by atoms with Crippen LogP contribution < -0.4 is 11.1 Å². The molecule has 1 fully saturated rings. The van der Waals surface area contributed by atoms with Gasteiger partial charge in [0, 0.05) is 51.9 Å². The second-order valence-electron chi connectivity index (χ2n) is 10.1. The van der Waals surface area contributed by atoms with E-state index >= 15 is 0 Å². The Morgan fingerprint density at radius 2 is 1.76 bits per heavy atom. The Labute approximate surface area is 264 Å². The Morgan fingerprint density at radius 1 is 1.16 bits per heavy atom. The number of non-ortho nitro benzene ring substituents is 1. The molecule has 2 aromatic rings. The Bertz CT molecular complexity index is 1300. The van der Waals surface area contributed by atoms with Gasteiger partial charge in [0.2, 0.25) is 10.0 Å². The van der Waals surface area contributed by atoms with E-state index in [1.165, 1.54) is 35.6 Å². The SMILES string of the molecule is CC(C)CN(CC[C@H](Cc1ccccc1)NC(=O)OC1CCOC1)S(=O)(=O)c1ccc([N+](=O)[O-])cc1.CN.COP(=O)(O)OC. The summed E-state index contributed by atoms with van der Waals surface area (Å²) < 4.78 is 56.9. The molecule has 1 unspecified atom stereocenters. The molecule has 2 atom stereocenters. The fraction of sp³-hybridized carbons (Fsp3) is 0.536. The molecular weight excluding hydrogens is 631 g/mol. The van der Waals surface area contributed by atoms with Crippen LogP contribution in [0.15, 0.2) is 59.5 Å². The zero-order valence-electron chi connectivity index (χ0n) is 26.2. The van der Waals surface area contributed by atoms with Crippen LogP contribution in [0.2, 0.25) is 0 Å². The van der Waals surface area contributed by atoms with Gasteiger partial charge < -0.3 is 25.4 Å². The predicted octanol–water partition coefficient (Wildman–Crippen LogP) is 3.71. The predicted molar refractivity (Wildman–Crippen MR) is 168 cm³/mol. The highest BCUT2D eigenvalue weighted by Gasteiger charge is 2.28. The van der Waals surface area contributed by atoms with Crippen molar-refractivity contribution in [2.45, 2.75) is 50.2 Å². The molecule has 1 aliphatic heterocycles. The lowest BCUT2D eigenvalue weighted by Gasteiger charge is -2.27. The minimum absolute atomic E-state index is 0.0121. The standard InChI is InChI=1S/C25H33N3O7S.C2H7O4P.CH5N/c1-19(2)17-27(36(32,33)24-10-8-22(9-11-24)28(30)31)14-12-21(16-20-6-4-3-5-7-20)26-25(29)35-23-13-15-34-18-23;1-5-7(3,4)6-2;1-2/h3-11,19,21,23H,12-18H2,1-2H3,(H,26,29);1-2H3,(H,3,4);2H2,1H3/t21-,23?;;/m1../s1. The number of nitrogens with two attached hydrogens (primary N) is 1. The zero-order chi connectivity index (χ0) is 34.0. The molecule has 17 heteroatoms. The Kier molecular flexibility index (Phi) is 18.0. The maximum atomic E-state index is 13.4. The minimum atomic E-state index is -3.90. The van der Waals surface area contributed by atoms with Crippen LogP contribution >= 0.6 is 7.82 Å². The lowest BCUT2D eigenvalue weighted by molar-refractivity contribution is -0.384. The molecule has 1 heterocycles. The highest BCUT2D eigenvalue weighted by molar-refractivity contribution is 7.89. The van der Waals surface area contributed by atoms with Crippen LogP contribution in [0.5, 0.6) is 0 Å². The molecule has 0 aromatic heterocycles. The first kappa shape index (κ1) is 40.1. The molecule has 0 spiro atoms. The minimum Gasteiger partial charge on any atom is -0.444 e. The number of carbonyl (C=O) groups excluding carboxylic acids is 1. The van der Waals surface area contributed by atoms with E-state index in [-0.39, 0.29) is 41.7 Å². The number of rotatable bonds is 14. The van der Waals surface area contributed by atoms with Crippen LogP contribution in [0.1, 0.15) is 32.3 Å². The number of benzene rings is 2. The van der Waals surface area contributed by atoms with Crippen molar-refractivity contribution in [3.63, 3.8) is 0 Å². The highest BCUT2D eigenvalue weighted by Crippen LogP contribution is 2.40. The number of phosphoric acid groups is 1. The molecule has 4 N–H and O–H groups in total. The summed E-state index contributed by atoms with van der Waals surface area (Å²) in [5, 5.41) is 13.9. The van der Waals surface area contributed by atoms with E-state index < -0.39 is 28.9 Å². The molecule has 0 saturated carbocycles. The van der Waals surface area contributed by atoms with Crippen molar-refractivity contribution < 1.29 is 46.1 Å². The van der Waals surface area contributed by atoms with Crippen molar-refractivity contribution in [2.24, 2.45) is 11.7 Å². The van der Waals surface area contributed by atoms with Crippen LogP contribution in [0.3, 0.4) is 0 Å². The molecule has 2 aromatic carbocycles. The van der Waals surface area contributed by atoms with Crippen molar-refractivity contribution in [1.29, 1.82) is 0 Å². The van der Waals surface area contributed by atoms with Crippen molar-refractivity contribution in [3.05, 3.63) is 70.3 Å². The molecule has 1 saturated heterocycles. The van der Waals surface area contributed by atoms with E-state index in [1.54, 1.807) is 0 Å². The number of hydrogen-bond acceptors (Lipinski definition) is 11. The number of phosphoric ester groups is 1. The van der Waals surface area contributed by atoms with Gasteiger partial charge in [0.25, 0.3) is 5.69 Å². The van der Waals surface area contributed by atoms with Crippen LogP contribution in [0.25, 0.3) is 0 Å². The number of nitrogens with one attached hydrogen (secondary N) is 1. The third-order valence-electron chi connectivity index (χ3n) is 6.25. The van der Waals surface area contributed by atoms with Crippen molar-refractivity contribution in [3.8, 4) is 0 Å². The lowest BCUT2D eigenvalue weighted by atomic mass is 10.0. The summed E-state index contributed by atoms with van der Waals surface area (Å²) in [7, 11) is -3.86. The number of carbonyl (C=O) groups is 1. The van der Waals surface area contributed by atoms with Crippen LogP contribution in [-0.2, 0) is 39.5 Å². The van der Waals surface area contributed by atoms with E-state index in [9.17, 15) is 27.9 Å². The summed E-state index contributed by atoms with van der Waals surface area (Å²) in [4.78, 5) is 31.2. The number of nitro benzene ring substituents is 1. The largest absolute Gasteiger partial charge is 0.471 e. The fourth-order valence-corrected chi connectivity index (χ4v) is 5.83. The van der Waals surface area contributed by atoms with Gasteiger partial charge in [-0.05, 0) is 43.5 Å². The lowest BCUT2D eigenvalue weighted by Crippen LogP contribution is -2.42. The molecule has 3 rings (SSSR count). The second-order valence-corrected chi connectivity index (χ2v) is 13.7. The second kappa shape index (κ2) is 20.2. The van der Waals surface area contributed by atoms with Gasteiger partial charge in [-0.1, -0.05) is 44.2 Å². The van der Waals surface area contributed by atoms with Gasteiger partial charge in [-0.3, -0.25) is 19.2 Å². The summed E-state index contributed by atoms with van der Waals surface area (Å²) in [6.07, 6.45) is 0.656. The zero-order valence-corrected chi connectivity index (χ0v) is 27.9. The first-order chi connectivity index (χ1) is 21.3. The van der Waals surface area contributed by atoms with Gasteiger partial charge >= 0.3 is 13.9 Å². The number of alkyl carbamates (subject to hydrolysis) is 1. The van der Waals surface area contributed by atoms with E-state index in [0.29, 0.717) is 32.5 Å². The van der Waals surface area contributed by atoms with E-state index in [4.69, 9.17) is 14.4 Å². The van der Waals surface area contributed by atoms with Gasteiger partial charge in [0.15, 0.2) is 0 Å². The van der Waals surface area contributed by atoms with Gasteiger partial charge in [-0.15, -0.1) is 0 Å². The van der Waals surface area contributed by atoms with Crippen LogP contribution in [0.4, 0.5) is 10.5 Å². The number of sulfonamides is 1. The summed E-state index contributed by atoms with van der Waals surface area (Å²) in [5.74, 6) is 0.0469. The van der Waals surface area contributed by atoms with E-state index in [2.05, 4.69) is 20.1 Å². The average molecular weight is 677 g/mol. The smallest absolute Gasteiger partial charge is 0.444 e. The topological polar surface area (TPSA) is 210 Å². The van der Waals surface area contributed by atoms with Gasteiger partial charge in [0.05, 0.1) is 23.0 Å². The first-order valence-corrected chi connectivity index (χ1v) is 17.1. The third-order valence-corrected chi connectivity index (χ3v) is 9.05. The first-order valence-electron chi connectivity index (χ1n) is 14.1. The highest BCUT2D eigenvalue weighted by atomic mass is 32.2. The van der Waals surface area contributed by atoms with Gasteiger partial charge in [-0.2, -0.15) is 4.31 Å². The Morgan fingerprint density at radius 3 is 2.22 bits per heavy atom. The molecule has 15 nitrogen and oxygen atoms in total. The molecule has 0 radical (unpaired) electrons.